The maximum atomic E-state index is 9.50. The minimum Gasteiger partial charge on any atom is -0.393 e. The maximum absolute atomic E-state index is 9.50. The summed E-state index contributed by atoms with van der Waals surface area (Å²) in [5.41, 5.74) is 1.21. The number of hydrogen-bond donors (Lipinski definition) is 2. The van der Waals surface area contributed by atoms with Crippen molar-refractivity contribution in [1.29, 1.82) is 0 Å². The van der Waals surface area contributed by atoms with Crippen LogP contribution in [0.3, 0.4) is 0 Å². The second kappa shape index (κ2) is 6.49. The summed E-state index contributed by atoms with van der Waals surface area (Å²) in [6, 6.07) is 6.10. The van der Waals surface area contributed by atoms with E-state index >= 15 is 0 Å². The second-order valence-corrected chi connectivity index (χ2v) is 6.40. The van der Waals surface area contributed by atoms with E-state index in [1.807, 2.05) is 18.3 Å². The molecule has 0 radical (unpaired) electrons. The Hall–Kier alpha value is -0.930. The lowest BCUT2D eigenvalue weighted by Crippen LogP contribution is -2.37. The summed E-state index contributed by atoms with van der Waals surface area (Å²) in [5, 5.41) is 13.1. The SMILES string of the molecule is CC(C)(CNCC1CCC(O)CC1)c1ccccn1. The molecule has 106 valence electrons. The highest BCUT2D eigenvalue weighted by molar-refractivity contribution is 5.14. The molecule has 0 bridgehead atoms. The summed E-state index contributed by atoms with van der Waals surface area (Å²) < 4.78 is 0. The molecule has 2 rings (SSSR count). The van der Waals surface area contributed by atoms with E-state index in [9.17, 15) is 5.11 Å². The van der Waals surface area contributed by atoms with Crippen molar-refractivity contribution in [2.24, 2.45) is 5.92 Å². The molecule has 1 aliphatic carbocycles. The minimum atomic E-state index is -0.0544. The van der Waals surface area contributed by atoms with Gasteiger partial charge in [0, 0.05) is 23.9 Å². The molecule has 0 spiro atoms. The molecule has 19 heavy (non-hydrogen) atoms. The molecule has 0 atom stereocenters. The van der Waals surface area contributed by atoms with E-state index in [4.69, 9.17) is 0 Å². The number of hydrogen-bond acceptors (Lipinski definition) is 3. The molecule has 2 N–H and O–H groups in total. The zero-order chi connectivity index (χ0) is 13.7. The van der Waals surface area contributed by atoms with E-state index in [-0.39, 0.29) is 11.5 Å². The number of aromatic nitrogens is 1. The third kappa shape index (κ3) is 4.29. The molecule has 0 aliphatic heterocycles. The fourth-order valence-corrected chi connectivity index (χ4v) is 2.79. The van der Waals surface area contributed by atoms with Gasteiger partial charge in [0.25, 0.3) is 0 Å². The monoisotopic (exact) mass is 262 g/mol. The summed E-state index contributed by atoms with van der Waals surface area (Å²) >= 11 is 0. The van der Waals surface area contributed by atoms with Crippen LogP contribution < -0.4 is 5.32 Å². The van der Waals surface area contributed by atoms with Crippen LogP contribution in [0.2, 0.25) is 0 Å². The van der Waals surface area contributed by atoms with Crippen LogP contribution in [0.15, 0.2) is 24.4 Å². The maximum Gasteiger partial charge on any atom is 0.0540 e. The van der Waals surface area contributed by atoms with Gasteiger partial charge < -0.3 is 10.4 Å². The Morgan fingerprint density at radius 3 is 2.63 bits per heavy atom. The first-order valence-corrected chi connectivity index (χ1v) is 7.38. The first-order valence-electron chi connectivity index (χ1n) is 7.38. The van der Waals surface area contributed by atoms with Crippen molar-refractivity contribution in [3.05, 3.63) is 30.1 Å². The lowest BCUT2D eigenvalue weighted by molar-refractivity contribution is 0.108. The Morgan fingerprint density at radius 2 is 2.00 bits per heavy atom. The lowest BCUT2D eigenvalue weighted by atomic mass is 9.86. The zero-order valence-corrected chi connectivity index (χ0v) is 12.1. The lowest BCUT2D eigenvalue weighted by Gasteiger charge is -2.28. The normalized spacial score (nSPS) is 24.4. The Balaban J connectivity index is 1.76. The average molecular weight is 262 g/mol. The van der Waals surface area contributed by atoms with E-state index in [1.54, 1.807) is 0 Å². The van der Waals surface area contributed by atoms with Crippen molar-refractivity contribution in [1.82, 2.24) is 10.3 Å². The third-order valence-electron chi connectivity index (χ3n) is 4.17. The van der Waals surface area contributed by atoms with Crippen LogP contribution in [0, 0.1) is 5.92 Å². The first-order chi connectivity index (χ1) is 9.08. The van der Waals surface area contributed by atoms with Crippen LogP contribution in [0.1, 0.15) is 45.2 Å². The minimum absolute atomic E-state index is 0.0544. The quantitative estimate of drug-likeness (QED) is 0.857. The molecule has 1 fully saturated rings. The van der Waals surface area contributed by atoms with Gasteiger partial charge in [0.15, 0.2) is 0 Å². The number of rotatable bonds is 5. The number of aliphatic hydroxyl groups excluding tert-OH is 1. The van der Waals surface area contributed by atoms with E-state index in [0.717, 1.165) is 50.4 Å². The summed E-state index contributed by atoms with van der Waals surface area (Å²) in [5.74, 6) is 0.725. The van der Waals surface area contributed by atoms with Gasteiger partial charge in [-0.15, -0.1) is 0 Å². The molecular formula is C16H26N2O. The highest BCUT2D eigenvalue weighted by atomic mass is 16.3. The first kappa shape index (κ1) is 14.5. The van der Waals surface area contributed by atoms with Crippen LogP contribution in [0.4, 0.5) is 0 Å². The van der Waals surface area contributed by atoms with Gasteiger partial charge in [-0.1, -0.05) is 19.9 Å². The number of nitrogens with one attached hydrogen (secondary N) is 1. The summed E-state index contributed by atoms with van der Waals surface area (Å²) in [6.45, 7) is 6.46. The predicted octanol–water partition coefficient (Wildman–Crippen LogP) is 2.50. The van der Waals surface area contributed by atoms with Gasteiger partial charge in [0.1, 0.15) is 0 Å². The molecule has 0 saturated heterocycles. The number of aliphatic hydroxyl groups is 1. The molecule has 3 heteroatoms. The fraction of sp³-hybridized carbons (Fsp3) is 0.688. The van der Waals surface area contributed by atoms with Crippen molar-refractivity contribution >= 4 is 0 Å². The zero-order valence-electron chi connectivity index (χ0n) is 12.1. The van der Waals surface area contributed by atoms with Gasteiger partial charge >= 0.3 is 0 Å². The van der Waals surface area contributed by atoms with Crippen molar-refractivity contribution in [3.63, 3.8) is 0 Å². The highest BCUT2D eigenvalue weighted by Gasteiger charge is 2.23. The summed E-state index contributed by atoms with van der Waals surface area (Å²) in [4.78, 5) is 4.45. The van der Waals surface area contributed by atoms with Gasteiger partial charge in [0.05, 0.1) is 6.10 Å². The molecule has 1 aromatic rings. The highest BCUT2D eigenvalue weighted by Crippen LogP contribution is 2.24. The molecule has 0 amide bonds. The van der Waals surface area contributed by atoms with Gasteiger partial charge in [-0.3, -0.25) is 4.98 Å². The van der Waals surface area contributed by atoms with Crippen LogP contribution in [-0.2, 0) is 5.41 Å². The molecular weight excluding hydrogens is 236 g/mol. The van der Waals surface area contributed by atoms with Gasteiger partial charge in [-0.25, -0.2) is 0 Å². The number of nitrogens with zero attached hydrogens (tertiary/aromatic N) is 1. The van der Waals surface area contributed by atoms with Gasteiger partial charge in [0.2, 0.25) is 0 Å². The van der Waals surface area contributed by atoms with Gasteiger partial charge in [-0.2, -0.15) is 0 Å². The average Bonchev–Trinajstić information content (AvgIpc) is 2.42. The van der Waals surface area contributed by atoms with Crippen LogP contribution >= 0.6 is 0 Å². The Kier molecular flexibility index (Phi) is 4.94. The summed E-state index contributed by atoms with van der Waals surface area (Å²) in [7, 11) is 0. The summed E-state index contributed by atoms with van der Waals surface area (Å²) in [6.07, 6.45) is 6.04. The van der Waals surface area contributed by atoms with Crippen LogP contribution in [0.25, 0.3) is 0 Å². The fourth-order valence-electron chi connectivity index (χ4n) is 2.79. The van der Waals surface area contributed by atoms with E-state index in [2.05, 4.69) is 30.2 Å². The topological polar surface area (TPSA) is 45.1 Å². The molecule has 1 saturated carbocycles. The number of pyridine rings is 1. The predicted molar refractivity (Wildman–Crippen MR) is 78.1 cm³/mol. The van der Waals surface area contributed by atoms with Crippen LogP contribution in [-0.4, -0.2) is 29.3 Å². The Bertz CT molecular complexity index is 370. The molecule has 0 unspecified atom stereocenters. The molecule has 3 nitrogen and oxygen atoms in total. The van der Waals surface area contributed by atoms with Crippen molar-refractivity contribution in [2.75, 3.05) is 13.1 Å². The molecule has 0 aromatic carbocycles. The van der Waals surface area contributed by atoms with E-state index in [1.165, 1.54) is 0 Å². The van der Waals surface area contributed by atoms with Gasteiger partial charge in [-0.05, 0) is 50.3 Å². The van der Waals surface area contributed by atoms with Crippen LogP contribution in [0.5, 0.6) is 0 Å². The van der Waals surface area contributed by atoms with Crippen molar-refractivity contribution in [2.45, 2.75) is 51.0 Å². The standard InChI is InChI=1S/C16H26N2O/c1-16(2,15-5-3-4-10-18-15)12-17-11-13-6-8-14(19)9-7-13/h3-5,10,13-14,17,19H,6-9,11-12H2,1-2H3. The van der Waals surface area contributed by atoms with E-state index in [0.29, 0.717) is 0 Å². The van der Waals surface area contributed by atoms with Crippen molar-refractivity contribution in [3.8, 4) is 0 Å². The second-order valence-electron chi connectivity index (χ2n) is 6.40. The molecule has 1 aliphatic rings. The Labute approximate surface area is 116 Å². The third-order valence-corrected chi connectivity index (χ3v) is 4.17. The van der Waals surface area contributed by atoms with Crippen molar-refractivity contribution < 1.29 is 5.11 Å². The van der Waals surface area contributed by atoms with E-state index < -0.39 is 0 Å². The molecule has 1 heterocycles. The largest absolute Gasteiger partial charge is 0.393 e. The smallest absolute Gasteiger partial charge is 0.0540 e. The molecule has 1 aromatic heterocycles. The Morgan fingerprint density at radius 1 is 1.26 bits per heavy atom.